The highest BCUT2D eigenvalue weighted by Crippen LogP contribution is 2.23. The monoisotopic (exact) mass is 215 g/mol. The maximum atomic E-state index is 5.76. The molecule has 1 aromatic carbocycles. The van der Waals surface area contributed by atoms with Gasteiger partial charge in [-0.1, -0.05) is 12.1 Å². The van der Waals surface area contributed by atoms with Crippen molar-refractivity contribution in [3.05, 3.63) is 36.7 Å². The molecule has 0 saturated carbocycles. The molecule has 0 atom stereocenters. The summed E-state index contributed by atoms with van der Waals surface area (Å²) in [6.07, 6.45) is 3.93. The Bertz CT molecular complexity index is 492. The van der Waals surface area contributed by atoms with E-state index in [0.29, 0.717) is 0 Å². The van der Waals surface area contributed by atoms with Gasteiger partial charge < -0.3 is 5.73 Å². The number of nitrogen functional groups attached to an aromatic ring is 1. The minimum Gasteiger partial charge on any atom is -0.399 e. The molecule has 0 saturated heterocycles. The first-order chi connectivity index (χ1) is 7.47. The van der Waals surface area contributed by atoms with Gasteiger partial charge in [-0.25, -0.2) is 0 Å². The first-order valence-corrected chi connectivity index (χ1v) is 5.38. The van der Waals surface area contributed by atoms with Crippen LogP contribution in [0.3, 0.4) is 0 Å². The zero-order chi connectivity index (χ0) is 11.8. The van der Waals surface area contributed by atoms with Gasteiger partial charge in [-0.05, 0) is 38.5 Å². The lowest BCUT2D eigenvalue weighted by atomic mass is 10.1. The third-order valence-corrected chi connectivity index (χ3v) is 2.49. The van der Waals surface area contributed by atoms with Crippen molar-refractivity contribution in [3.63, 3.8) is 0 Å². The number of hydrogen-bond acceptors (Lipinski definition) is 2. The van der Waals surface area contributed by atoms with Crippen LogP contribution in [0.5, 0.6) is 0 Å². The number of hydrogen-bond donors (Lipinski definition) is 1. The maximum Gasteiger partial charge on any atom is 0.0568 e. The second-order valence-corrected chi connectivity index (χ2v) is 4.97. The maximum absolute atomic E-state index is 5.76. The van der Waals surface area contributed by atoms with Gasteiger partial charge in [-0.15, -0.1) is 0 Å². The fourth-order valence-corrected chi connectivity index (χ4v) is 1.56. The van der Waals surface area contributed by atoms with Crippen molar-refractivity contribution in [2.45, 2.75) is 26.3 Å². The fourth-order valence-electron chi connectivity index (χ4n) is 1.56. The molecule has 3 heteroatoms. The summed E-state index contributed by atoms with van der Waals surface area (Å²) in [6.45, 7) is 6.38. The van der Waals surface area contributed by atoms with E-state index in [2.05, 4.69) is 32.1 Å². The lowest BCUT2D eigenvalue weighted by molar-refractivity contribution is 0.355. The number of nitrogens with two attached hydrogens (primary N) is 1. The van der Waals surface area contributed by atoms with Gasteiger partial charge in [-0.2, -0.15) is 5.10 Å². The molecule has 0 bridgehead atoms. The normalized spacial score (nSPS) is 11.7. The lowest BCUT2D eigenvalue weighted by Gasteiger charge is -2.18. The van der Waals surface area contributed by atoms with Crippen LogP contribution in [-0.4, -0.2) is 9.78 Å². The summed E-state index contributed by atoms with van der Waals surface area (Å²) in [6, 6.07) is 7.85. The number of anilines is 1. The molecule has 0 aliphatic rings. The summed E-state index contributed by atoms with van der Waals surface area (Å²) >= 11 is 0. The van der Waals surface area contributed by atoms with Crippen LogP contribution in [0.15, 0.2) is 36.7 Å². The van der Waals surface area contributed by atoms with E-state index in [1.54, 1.807) is 0 Å². The minimum absolute atomic E-state index is 0.0125. The van der Waals surface area contributed by atoms with Crippen LogP contribution in [0.25, 0.3) is 11.1 Å². The molecule has 2 rings (SSSR count). The lowest BCUT2D eigenvalue weighted by Crippen LogP contribution is -2.21. The van der Waals surface area contributed by atoms with Crippen LogP contribution < -0.4 is 5.73 Å². The van der Waals surface area contributed by atoms with E-state index >= 15 is 0 Å². The fraction of sp³-hybridized carbons (Fsp3) is 0.308. The Morgan fingerprint density at radius 1 is 1.19 bits per heavy atom. The van der Waals surface area contributed by atoms with E-state index in [-0.39, 0.29) is 5.54 Å². The van der Waals surface area contributed by atoms with Gasteiger partial charge in [0.15, 0.2) is 0 Å². The van der Waals surface area contributed by atoms with Gasteiger partial charge in [0, 0.05) is 17.4 Å². The number of nitrogens with zero attached hydrogens (tertiary/aromatic N) is 2. The first-order valence-electron chi connectivity index (χ1n) is 5.38. The molecule has 16 heavy (non-hydrogen) atoms. The van der Waals surface area contributed by atoms with Crippen molar-refractivity contribution in [2.24, 2.45) is 0 Å². The Morgan fingerprint density at radius 2 is 1.94 bits per heavy atom. The van der Waals surface area contributed by atoms with Gasteiger partial charge in [0.1, 0.15) is 0 Å². The number of benzene rings is 1. The van der Waals surface area contributed by atoms with Crippen molar-refractivity contribution in [1.82, 2.24) is 9.78 Å². The van der Waals surface area contributed by atoms with Crippen LogP contribution in [-0.2, 0) is 5.54 Å². The highest BCUT2D eigenvalue weighted by molar-refractivity contribution is 5.65. The van der Waals surface area contributed by atoms with Gasteiger partial charge in [0.2, 0.25) is 0 Å². The molecule has 0 spiro atoms. The Labute approximate surface area is 95.9 Å². The van der Waals surface area contributed by atoms with Crippen molar-refractivity contribution < 1.29 is 0 Å². The average Bonchev–Trinajstić information content (AvgIpc) is 2.65. The molecule has 84 valence electrons. The first kappa shape index (κ1) is 10.7. The highest BCUT2D eigenvalue weighted by atomic mass is 15.3. The van der Waals surface area contributed by atoms with Gasteiger partial charge >= 0.3 is 0 Å². The van der Waals surface area contributed by atoms with Gasteiger partial charge in [-0.3, -0.25) is 4.68 Å². The summed E-state index contributed by atoms with van der Waals surface area (Å²) < 4.78 is 1.96. The molecule has 2 N–H and O–H groups in total. The largest absolute Gasteiger partial charge is 0.399 e. The third-order valence-electron chi connectivity index (χ3n) is 2.49. The average molecular weight is 215 g/mol. The number of rotatable bonds is 1. The highest BCUT2D eigenvalue weighted by Gasteiger charge is 2.14. The molecule has 0 radical (unpaired) electrons. The van der Waals surface area contributed by atoms with Crippen LogP contribution in [0.1, 0.15) is 20.8 Å². The van der Waals surface area contributed by atoms with Crippen LogP contribution in [0.4, 0.5) is 5.69 Å². The predicted octanol–water partition coefficient (Wildman–Crippen LogP) is 2.89. The summed E-state index contributed by atoms with van der Waals surface area (Å²) in [5, 5.41) is 4.37. The van der Waals surface area contributed by atoms with Crippen LogP contribution in [0, 0.1) is 0 Å². The van der Waals surface area contributed by atoms with E-state index in [1.165, 1.54) is 0 Å². The molecule has 3 nitrogen and oxygen atoms in total. The van der Waals surface area contributed by atoms with E-state index < -0.39 is 0 Å². The summed E-state index contributed by atoms with van der Waals surface area (Å²) in [7, 11) is 0. The van der Waals surface area contributed by atoms with Crippen LogP contribution in [0.2, 0.25) is 0 Å². The predicted molar refractivity (Wildman–Crippen MR) is 67.1 cm³/mol. The molecular weight excluding hydrogens is 198 g/mol. The topological polar surface area (TPSA) is 43.8 Å². The zero-order valence-corrected chi connectivity index (χ0v) is 9.94. The smallest absolute Gasteiger partial charge is 0.0568 e. The minimum atomic E-state index is 0.0125. The van der Waals surface area contributed by atoms with Gasteiger partial charge in [0.25, 0.3) is 0 Å². The van der Waals surface area contributed by atoms with E-state index in [4.69, 9.17) is 5.73 Å². The second kappa shape index (κ2) is 3.67. The molecular formula is C13H17N3. The Morgan fingerprint density at radius 3 is 2.50 bits per heavy atom. The summed E-state index contributed by atoms with van der Waals surface area (Å²) in [5.74, 6) is 0. The Kier molecular flexibility index (Phi) is 2.46. The Hall–Kier alpha value is -1.77. The summed E-state index contributed by atoms with van der Waals surface area (Å²) in [4.78, 5) is 0. The van der Waals surface area contributed by atoms with Crippen molar-refractivity contribution >= 4 is 5.69 Å². The molecule has 0 aliphatic heterocycles. The van der Waals surface area contributed by atoms with Crippen molar-refractivity contribution in [1.29, 1.82) is 0 Å². The van der Waals surface area contributed by atoms with E-state index in [0.717, 1.165) is 16.8 Å². The van der Waals surface area contributed by atoms with Crippen molar-refractivity contribution in [2.75, 3.05) is 5.73 Å². The quantitative estimate of drug-likeness (QED) is 0.743. The zero-order valence-electron chi connectivity index (χ0n) is 9.94. The molecule has 1 aromatic heterocycles. The SMILES string of the molecule is CC(C)(C)n1cc(-c2cccc(N)c2)cn1. The standard InChI is InChI=1S/C13H17N3/c1-13(2,3)16-9-11(8-15-16)10-5-4-6-12(14)7-10/h4-9H,14H2,1-3H3. The molecule has 1 heterocycles. The molecule has 0 aliphatic carbocycles. The molecule has 2 aromatic rings. The molecule has 0 amide bonds. The second-order valence-electron chi connectivity index (χ2n) is 4.97. The summed E-state index contributed by atoms with van der Waals surface area (Å²) in [5.41, 5.74) is 8.76. The Balaban J connectivity index is 2.39. The number of aromatic nitrogens is 2. The molecule has 0 unspecified atom stereocenters. The van der Waals surface area contributed by atoms with Crippen LogP contribution >= 0.6 is 0 Å². The van der Waals surface area contributed by atoms with Gasteiger partial charge in [0.05, 0.1) is 11.7 Å². The molecule has 0 fully saturated rings. The third kappa shape index (κ3) is 2.08. The van der Waals surface area contributed by atoms with Crippen molar-refractivity contribution in [3.8, 4) is 11.1 Å². The van der Waals surface area contributed by atoms with E-state index in [1.807, 2.05) is 35.1 Å². The van der Waals surface area contributed by atoms with E-state index in [9.17, 15) is 0 Å².